The van der Waals surface area contributed by atoms with E-state index in [0.29, 0.717) is 28.4 Å². The first kappa shape index (κ1) is 20.6. The molecule has 3 rings (SSSR count). The Morgan fingerprint density at radius 2 is 1.93 bits per heavy atom. The van der Waals surface area contributed by atoms with Gasteiger partial charge in [0.25, 0.3) is 5.91 Å². The van der Waals surface area contributed by atoms with Crippen molar-refractivity contribution >= 4 is 23.0 Å². The Hall–Kier alpha value is -3.67. The van der Waals surface area contributed by atoms with E-state index in [0.717, 1.165) is 0 Å². The average molecular weight is 399 g/mol. The predicted molar refractivity (Wildman–Crippen MR) is 86.7 cm³/mol. The van der Waals surface area contributed by atoms with Crippen LogP contribution >= 0.6 is 0 Å². The largest absolute Gasteiger partial charge is 0.490 e. The molecule has 0 spiro atoms. The number of nitrogens with zero attached hydrogens (tertiary/aromatic N) is 2. The van der Waals surface area contributed by atoms with Gasteiger partial charge in [-0.05, 0) is 30.3 Å². The van der Waals surface area contributed by atoms with Crippen LogP contribution in [0.4, 0.5) is 13.2 Å². The molecule has 0 aliphatic carbocycles. The number of oxazole rings is 1. The molecule has 0 bridgehead atoms. The number of alkyl halides is 3. The van der Waals surface area contributed by atoms with E-state index in [9.17, 15) is 18.0 Å². The molecule has 0 radical (unpaired) electrons. The number of ether oxygens (including phenoxy) is 1. The van der Waals surface area contributed by atoms with Gasteiger partial charge in [0.05, 0.1) is 12.7 Å². The normalized spacial score (nSPS) is 10.8. The standard InChI is InChI=1S/C14H11N3O4.C2HF3O2/c1-20-13-9(3-2-6-15-13)14-16-10-7-8(12(18)17-19)4-5-11(10)21-14;3-2(4,5)1(6)7/h2-7,19H,1H3,(H,17,18);(H,6,7). The zero-order chi connectivity index (χ0) is 20.9. The fraction of sp³-hybridized carbons (Fsp3) is 0.125. The first-order valence-corrected chi connectivity index (χ1v) is 7.32. The Bertz CT molecular complexity index is 1000. The van der Waals surface area contributed by atoms with E-state index in [1.807, 2.05) is 0 Å². The maximum atomic E-state index is 11.4. The summed E-state index contributed by atoms with van der Waals surface area (Å²) < 4.78 is 42.5. The molecular formula is C16H12F3N3O6. The zero-order valence-electron chi connectivity index (χ0n) is 14.0. The van der Waals surface area contributed by atoms with Crippen molar-refractivity contribution in [3.8, 4) is 17.3 Å². The monoisotopic (exact) mass is 399 g/mol. The zero-order valence-corrected chi connectivity index (χ0v) is 14.0. The van der Waals surface area contributed by atoms with E-state index in [-0.39, 0.29) is 5.56 Å². The second kappa shape index (κ2) is 8.35. The summed E-state index contributed by atoms with van der Waals surface area (Å²) in [5, 5.41) is 15.8. The lowest BCUT2D eigenvalue weighted by molar-refractivity contribution is -0.192. The molecule has 148 valence electrons. The molecule has 0 atom stereocenters. The number of benzene rings is 1. The fourth-order valence-corrected chi connectivity index (χ4v) is 1.96. The van der Waals surface area contributed by atoms with Crippen LogP contribution in [-0.4, -0.2) is 45.4 Å². The Balaban J connectivity index is 0.000000345. The number of aliphatic carboxylic acids is 1. The number of amides is 1. The van der Waals surface area contributed by atoms with Gasteiger partial charge in [0.15, 0.2) is 5.58 Å². The third-order valence-electron chi connectivity index (χ3n) is 3.19. The molecule has 0 fully saturated rings. The number of aromatic nitrogens is 2. The van der Waals surface area contributed by atoms with Gasteiger partial charge >= 0.3 is 12.1 Å². The number of hydroxylamine groups is 1. The molecular weight excluding hydrogens is 387 g/mol. The van der Waals surface area contributed by atoms with Gasteiger partial charge < -0.3 is 14.3 Å². The number of carboxylic acid groups (broad SMARTS) is 1. The van der Waals surface area contributed by atoms with Crippen molar-refractivity contribution in [1.82, 2.24) is 15.4 Å². The van der Waals surface area contributed by atoms with Crippen molar-refractivity contribution in [2.75, 3.05) is 7.11 Å². The Morgan fingerprint density at radius 1 is 1.25 bits per heavy atom. The van der Waals surface area contributed by atoms with Gasteiger partial charge in [-0.3, -0.25) is 10.0 Å². The number of carboxylic acids is 1. The topological polar surface area (TPSA) is 135 Å². The van der Waals surface area contributed by atoms with E-state index in [1.165, 1.54) is 19.2 Å². The van der Waals surface area contributed by atoms with Gasteiger partial charge in [0.2, 0.25) is 11.8 Å². The van der Waals surface area contributed by atoms with Crippen LogP contribution in [0.2, 0.25) is 0 Å². The number of hydrogen-bond donors (Lipinski definition) is 3. The molecule has 1 amide bonds. The van der Waals surface area contributed by atoms with Gasteiger partial charge in [-0.15, -0.1) is 0 Å². The lowest BCUT2D eigenvalue weighted by atomic mass is 10.2. The van der Waals surface area contributed by atoms with Crippen molar-refractivity contribution < 1.29 is 42.2 Å². The van der Waals surface area contributed by atoms with Gasteiger partial charge in [-0.2, -0.15) is 13.2 Å². The van der Waals surface area contributed by atoms with Gasteiger partial charge in [0.1, 0.15) is 5.52 Å². The summed E-state index contributed by atoms with van der Waals surface area (Å²) in [4.78, 5) is 28.7. The number of carbonyl (C=O) groups excluding carboxylic acids is 1. The van der Waals surface area contributed by atoms with Crippen LogP contribution in [0.1, 0.15) is 10.4 Å². The third kappa shape index (κ3) is 4.73. The summed E-state index contributed by atoms with van der Waals surface area (Å²) in [6, 6.07) is 8.19. The number of carbonyl (C=O) groups is 2. The first-order chi connectivity index (χ1) is 13.2. The first-order valence-electron chi connectivity index (χ1n) is 7.32. The molecule has 0 saturated carbocycles. The number of nitrogens with one attached hydrogen (secondary N) is 1. The Kier molecular flexibility index (Phi) is 6.15. The molecule has 2 aromatic heterocycles. The van der Waals surface area contributed by atoms with E-state index >= 15 is 0 Å². The Labute approximate surface area is 154 Å². The highest BCUT2D eigenvalue weighted by Gasteiger charge is 2.38. The molecule has 3 N–H and O–H groups in total. The molecule has 0 aliphatic rings. The molecule has 28 heavy (non-hydrogen) atoms. The number of methoxy groups -OCH3 is 1. The molecule has 3 aromatic rings. The summed E-state index contributed by atoms with van der Waals surface area (Å²) in [5.74, 6) is -2.62. The minimum Gasteiger partial charge on any atom is -0.480 e. The summed E-state index contributed by atoms with van der Waals surface area (Å²) in [7, 11) is 1.51. The van der Waals surface area contributed by atoms with Crippen molar-refractivity contribution in [2.45, 2.75) is 6.18 Å². The van der Waals surface area contributed by atoms with Gasteiger partial charge in [0, 0.05) is 11.8 Å². The third-order valence-corrected chi connectivity index (χ3v) is 3.19. The van der Waals surface area contributed by atoms with E-state index in [4.69, 9.17) is 24.3 Å². The van der Waals surface area contributed by atoms with Crippen LogP contribution in [0.25, 0.3) is 22.6 Å². The highest BCUT2D eigenvalue weighted by molar-refractivity contribution is 5.96. The van der Waals surface area contributed by atoms with Crippen molar-refractivity contribution in [3.63, 3.8) is 0 Å². The molecule has 0 unspecified atom stereocenters. The molecule has 2 heterocycles. The number of halogens is 3. The fourth-order valence-electron chi connectivity index (χ4n) is 1.96. The lowest BCUT2D eigenvalue weighted by Crippen LogP contribution is -2.21. The maximum Gasteiger partial charge on any atom is 0.490 e. The van der Waals surface area contributed by atoms with Crippen LogP contribution in [0.5, 0.6) is 5.88 Å². The highest BCUT2D eigenvalue weighted by atomic mass is 19.4. The van der Waals surface area contributed by atoms with E-state index in [1.54, 1.807) is 29.9 Å². The van der Waals surface area contributed by atoms with Gasteiger partial charge in [-0.25, -0.2) is 20.2 Å². The van der Waals surface area contributed by atoms with Crippen LogP contribution in [0, 0.1) is 0 Å². The molecule has 0 saturated heterocycles. The van der Waals surface area contributed by atoms with Crippen molar-refractivity contribution in [1.29, 1.82) is 0 Å². The van der Waals surface area contributed by atoms with Crippen molar-refractivity contribution in [3.05, 3.63) is 42.1 Å². The maximum absolute atomic E-state index is 11.4. The summed E-state index contributed by atoms with van der Waals surface area (Å²) in [6.45, 7) is 0. The predicted octanol–water partition coefficient (Wildman–Crippen LogP) is 2.65. The van der Waals surface area contributed by atoms with Crippen molar-refractivity contribution in [2.24, 2.45) is 0 Å². The van der Waals surface area contributed by atoms with Gasteiger partial charge in [-0.1, -0.05) is 0 Å². The van der Waals surface area contributed by atoms with E-state index < -0.39 is 18.1 Å². The smallest absolute Gasteiger partial charge is 0.480 e. The number of fused-ring (bicyclic) bond motifs is 1. The number of rotatable bonds is 3. The summed E-state index contributed by atoms with van der Waals surface area (Å²) in [5.41, 5.74) is 3.49. The van der Waals surface area contributed by atoms with Crippen LogP contribution in [-0.2, 0) is 4.79 Å². The second-order valence-electron chi connectivity index (χ2n) is 5.01. The SMILES string of the molecule is COc1ncccc1-c1nc2cc(C(=O)NO)ccc2o1.O=C(O)C(F)(F)F. The van der Waals surface area contributed by atoms with Crippen LogP contribution < -0.4 is 10.2 Å². The Morgan fingerprint density at radius 3 is 2.50 bits per heavy atom. The second-order valence-corrected chi connectivity index (χ2v) is 5.01. The molecule has 1 aromatic carbocycles. The molecule has 0 aliphatic heterocycles. The average Bonchev–Trinajstić information content (AvgIpc) is 3.10. The van der Waals surface area contributed by atoms with Crippen LogP contribution in [0.15, 0.2) is 40.9 Å². The molecule has 9 nitrogen and oxygen atoms in total. The minimum atomic E-state index is -5.08. The lowest BCUT2D eigenvalue weighted by Gasteiger charge is -2.01. The number of pyridine rings is 1. The highest BCUT2D eigenvalue weighted by Crippen LogP contribution is 2.30. The minimum absolute atomic E-state index is 0.281. The molecule has 12 heteroatoms. The summed E-state index contributed by atoms with van der Waals surface area (Å²) in [6.07, 6.45) is -3.48. The quantitative estimate of drug-likeness (QED) is 0.452. The summed E-state index contributed by atoms with van der Waals surface area (Å²) >= 11 is 0. The number of hydrogen-bond acceptors (Lipinski definition) is 7. The van der Waals surface area contributed by atoms with Crippen LogP contribution in [0.3, 0.4) is 0 Å². The van der Waals surface area contributed by atoms with E-state index in [2.05, 4.69) is 9.97 Å².